The van der Waals surface area contributed by atoms with Crippen molar-refractivity contribution in [2.45, 2.75) is 37.6 Å². The molecule has 0 aliphatic carbocycles. The Morgan fingerprint density at radius 3 is 2.44 bits per heavy atom. The number of fused-ring (bicyclic) bond motifs is 1. The Balaban J connectivity index is 2.03. The van der Waals surface area contributed by atoms with E-state index in [4.69, 9.17) is 19.0 Å². The van der Waals surface area contributed by atoms with Crippen LogP contribution >= 0.6 is 0 Å². The van der Waals surface area contributed by atoms with Crippen molar-refractivity contribution < 1.29 is 47.9 Å². The van der Waals surface area contributed by atoms with Gasteiger partial charge in [-0.25, -0.2) is 14.0 Å². The summed E-state index contributed by atoms with van der Waals surface area (Å²) in [5.74, 6) is -5.48. The van der Waals surface area contributed by atoms with E-state index in [0.717, 1.165) is 12.1 Å². The van der Waals surface area contributed by atoms with E-state index in [1.165, 1.54) is 6.92 Å². The molecule has 1 saturated heterocycles. The monoisotopic (exact) mass is 388 g/mol. The lowest BCUT2D eigenvalue weighted by Gasteiger charge is -2.38. The van der Waals surface area contributed by atoms with Gasteiger partial charge in [0, 0.05) is 11.5 Å². The van der Waals surface area contributed by atoms with Gasteiger partial charge in [0.1, 0.15) is 18.3 Å². The first-order chi connectivity index (χ1) is 12.6. The predicted octanol–water partition coefficient (Wildman–Crippen LogP) is -0.349. The van der Waals surface area contributed by atoms with Crippen LogP contribution in [-0.4, -0.2) is 57.1 Å². The fraction of sp³-hybridized carbons (Fsp3) is 0.375. The van der Waals surface area contributed by atoms with Crippen molar-refractivity contribution in [3.63, 3.8) is 0 Å². The van der Waals surface area contributed by atoms with Gasteiger partial charge in [0.05, 0.1) is 0 Å². The van der Waals surface area contributed by atoms with Gasteiger partial charge in [-0.05, 0) is 18.6 Å². The molecule has 1 aliphatic rings. The molecule has 0 spiro atoms. The van der Waals surface area contributed by atoms with Crippen molar-refractivity contribution in [3.05, 3.63) is 39.8 Å². The second-order valence-corrected chi connectivity index (χ2v) is 5.98. The minimum atomic E-state index is -2.03. The van der Waals surface area contributed by atoms with Gasteiger partial charge in [-0.1, -0.05) is 0 Å². The standard InChI is InChI=1S/C16H14F2O9/c1-4-2-7(19)25-12-5(4)3-6(17)13(8(12)18)26-16-11(22)9(20)10(21)14(27-16)15(23)24/h2-3,9-11,14,16,20-22H,1H3,(H,23,24)/t9-,10-,11+,14-,16+/m0/s1. The molecule has 0 bridgehead atoms. The highest BCUT2D eigenvalue weighted by Gasteiger charge is 2.48. The largest absolute Gasteiger partial charge is 0.479 e. The van der Waals surface area contributed by atoms with Gasteiger partial charge in [-0.2, -0.15) is 4.39 Å². The van der Waals surface area contributed by atoms with E-state index in [-0.39, 0.29) is 10.9 Å². The molecule has 0 radical (unpaired) electrons. The number of halogens is 2. The summed E-state index contributed by atoms with van der Waals surface area (Å²) in [6.07, 6.45) is -10.1. The van der Waals surface area contributed by atoms with Gasteiger partial charge in [0.15, 0.2) is 23.3 Å². The number of hydrogen-bond acceptors (Lipinski definition) is 8. The number of aliphatic carboxylic acids is 1. The van der Waals surface area contributed by atoms with Crippen molar-refractivity contribution in [3.8, 4) is 5.75 Å². The molecule has 0 saturated carbocycles. The molecule has 0 unspecified atom stereocenters. The second kappa shape index (κ2) is 6.85. The van der Waals surface area contributed by atoms with Crippen LogP contribution in [0.5, 0.6) is 5.75 Å². The minimum absolute atomic E-state index is 0.0408. The van der Waals surface area contributed by atoms with Gasteiger partial charge in [-0.15, -0.1) is 0 Å². The molecule has 27 heavy (non-hydrogen) atoms. The first-order valence-corrected chi connectivity index (χ1v) is 7.63. The average Bonchev–Trinajstić information content (AvgIpc) is 2.59. The highest BCUT2D eigenvalue weighted by Crippen LogP contribution is 2.33. The van der Waals surface area contributed by atoms with E-state index < -0.39 is 65.3 Å². The molecular weight excluding hydrogens is 374 g/mol. The molecule has 4 N–H and O–H groups in total. The predicted molar refractivity (Wildman–Crippen MR) is 82.1 cm³/mol. The summed E-state index contributed by atoms with van der Waals surface area (Å²) in [5.41, 5.74) is -1.27. The smallest absolute Gasteiger partial charge is 0.336 e. The summed E-state index contributed by atoms with van der Waals surface area (Å²) < 4.78 is 43.4. The zero-order valence-corrected chi connectivity index (χ0v) is 13.6. The molecular formula is C16H14F2O9. The van der Waals surface area contributed by atoms with E-state index in [1.54, 1.807) is 0 Å². The van der Waals surface area contributed by atoms with Gasteiger partial charge >= 0.3 is 11.6 Å². The van der Waals surface area contributed by atoms with Crippen LogP contribution in [0.15, 0.2) is 21.3 Å². The Labute approximate surface area is 149 Å². The Bertz CT molecular complexity index is 957. The summed E-state index contributed by atoms with van der Waals surface area (Å²) in [7, 11) is 0. The lowest BCUT2D eigenvalue weighted by Crippen LogP contribution is -2.61. The number of carboxylic acids is 1. The number of carbonyl (C=O) groups is 1. The van der Waals surface area contributed by atoms with Crippen molar-refractivity contribution in [1.82, 2.24) is 0 Å². The van der Waals surface area contributed by atoms with Gasteiger partial charge in [-0.3, -0.25) is 0 Å². The lowest BCUT2D eigenvalue weighted by molar-refractivity contribution is -0.271. The number of carboxylic acid groups (broad SMARTS) is 1. The Morgan fingerprint density at radius 1 is 1.15 bits per heavy atom. The number of rotatable bonds is 3. The van der Waals surface area contributed by atoms with Crippen molar-refractivity contribution in [2.75, 3.05) is 0 Å². The van der Waals surface area contributed by atoms with Gasteiger partial charge < -0.3 is 34.3 Å². The summed E-state index contributed by atoms with van der Waals surface area (Å²) in [6, 6.07) is 1.85. The van der Waals surface area contributed by atoms with E-state index in [0.29, 0.717) is 0 Å². The summed E-state index contributed by atoms with van der Waals surface area (Å²) in [6.45, 7) is 1.43. The van der Waals surface area contributed by atoms with E-state index in [2.05, 4.69) is 0 Å². The van der Waals surface area contributed by atoms with Gasteiger partial charge in [0.2, 0.25) is 12.1 Å². The molecule has 2 heterocycles. The third-order valence-electron chi connectivity index (χ3n) is 4.14. The quantitative estimate of drug-likeness (QED) is 0.518. The summed E-state index contributed by atoms with van der Waals surface area (Å²) in [4.78, 5) is 22.5. The molecule has 9 nitrogen and oxygen atoms in total. The van der Waals surface area contributed by atoms with Gasteiger partial charge in [0.25, 0.3) is 0 Å². The maximum Gasteiger partial charge on any atom is 0.336 e. The minimum Gasteiger partial charge on any atom is -0.479 e. The molecule has 0 amide bonds. The van der Waals surface area contributed by atoms with E-state index in [9.17, 15) is 33.7 Å². The highest BCUT2D eigenvalue weighted by molar-refractivity contribution is 5.82. The van der Waals surface area contributed by atoms with E-state index >= 15 is 0 Å². The molecule has 5 atom stereocenters. The molecule has 11 heteroatoms. The summed E-state index contributed by atoms with van der Waals surface area (Å²) >= 11 is 0. The van der Waals surface area contributed by atoms with Crippen LogP contribution in [0.3, 0.4) is 0 Å². The maximum absolute atomic E-state index is 14.6. The molecule has 2 aromatic rings. The number of aliphatic hydroxyl groups excluding tert-OH is 3. The molecule has 1 fully saturated rings. The van der Waals surface area contributed by atoms with E-state index in [1.807, 2.05) is 0 Å². The third kappa shape index (κ3) is 3.25. The second-order valence-electron chi connectivity index (χ2n) is 5.98. The first-order valence-electron chi connectivity index (χ1n) is 7.63. The first kappa shape index (κ1) is 19.2. The Morgan fingerprint density at radius 2 is 1.81 bits per heavy atom. The molecule has 3 rings (SSSR count). The molecule has 1 aliphatic heterocycles. The van der Waals surface area contributed by atoms with Crippen LogP contribution in [0.2, 0.25) is 0 Å². The number of aryl methyl sites for hydroxylation is 1. The highest BCUT2D eigenvalue weighted by atomic mass is 19.1. The normalized spacial score (nSPS) is 28.3. The van der Waals surface area contributed by atoms with Crippen LogP contribution in [0, 0.1) is 18.6 Å². The number of ether oxygens (including phenoxy) is 2. The fourth-order valence-corrected chi connectivity index (χ4v) is 2.73. The number of aliphatic hydroxyl groups is 3. The van der Waals surface area contributed by atoms with Crippen molar-refractivity contribution in [1.29, 1.82) is 0 Å². The maximum atomic E-state index is 14.6. The van der Waals surface area contributed by atoms with Crippen molar-refractivity contribution >= 4 is 16.9 Å². The summed E-state index contributed by atoms with van der Waals surface area (Å²) in [5, 5.41) is 38.1. The van der Waals surface area contributed by atoms with Crippen LogP contribution < -0.4 is 10.4 Å². The molecule has 1 aromatic heterocycles. The van der Waals surface area contributed by atoms with Crippen LogP contribution in [-0.2, 0) is 9.53 Å². The zero-order chi connectivity index (χ0) is 20.0. The average molecular weight is 388 g/mol. The number of hydrogen-bond donors (Lipinski definition) is 4. The molecule has 1 aromatic carbocycles. The zero-order valence-electron chi connectivity index (χ0n) is 13.6. The topological polar surface area (TPSA) is 147 Å². The van der Waals surface area contributed by atoms with Crippen LogP contribution in [0.1, 0.15) is 5.56 Å². The number of benzene rings is 1. The molecule has 146 valence electrons. The van der Waals surface area contributed by atoms with Crippen LogP contribution in [0.25, 0.3) is 11.0 Å². The fourth-order valence-electron chi connectivity index (χ4n) is 2.73. The Hall–Kier alpha value is -2.60. The lowest BCUT2D eigenvalue weighted by atomic mass is 9.99. The third-order valence-corrected chi connectivity index (χ3v) is 4.14. The van der Waals surface area contributed by atoms with Crippen LogP contribution in [0.4, 0.5) is 8.78 Å². The Kier molecular flexibility index (Phi) is 4.86. The SMILES string of the molecule is Cc1cc(=O)oc2c(F)c(O[C@@H]3O[C@H](C(=O)O)[C@@H](O)[C@H](O)[C@H]3O)c(F)cc12. The van der Waals surface area contributed by atoms with Crippen molar-refractivity contribution in [2.24, 2.45) is 0 Å².